The fourth-order valence-electron chi connectivity index (χ4n) is 2.13. The Hall–Kier alpha value is -3.20. The van der Waals surface area contributed by atoms with E-state index in [1.807, 2.05) is 10.8 Å². The highest BCUT2D eigenvalue weighted by atomic mass is 32.1. The van der Waals surface area contributed by atoms with Crippen molar-refractivity contribution in [1.82, 2.24) is 0 Å². The molecule has 0 radical (unpaired) electrons. The highest BCUT2D eigenvalue weighted by Crippen LogP contribution is 2.17. The molecular formula is C18H17NO7S. The van der Waals surface area contributed by atoms with E-state index < -0.39 is 30.4 Å². The van der Waals surface area contributed by atoms with Gasteiger partial charge in [0.2, 0.25) is 0 Å². The van der Waals surface area contributed by atoms with Crippen LogP contribution in [0.5, 0.6) is 0 Å². The van der Waals surface area contributed by atoms with Crippen LogP contribution < -0.4 is 5.32 Å². The van der Waals surface area contributed by atoms with Gasteiger partial charge >= 0.3 is 17.9 Å². The molecule has 0 saturated heterocycles. The van der Waals surface area contributed by atoms with Gasteiger partial charge in [-0.15, -0.1) is 0 Å². The Kier molecular flexibility index (Phi) is 7.07. The molecule has 1 N–H and O–H groups in total. The van der Waals surface area contributed by atoms with Gasteiger partial charge in [-0.1, -0.05) is 0 Å². The van der Waals surface area contributed by atoms with Crippen LogP contribution in [-0.2, 0) is 30.2 Å². The van der Waals surface area contributed by atoms with Gasteiger partial charge in [-0.2, -0.15) is 11.3 Å². The zero-order valence-electron chi connectivity index (χ0n) is 14.6. The first-order chi connectivity index (χ1) is 12.9. The van der Waals surface area contributed by atoms with Crippen molar-refractivity contribution in [3.8, 4) is 0 Å². The summed E-state index contributed by atoms with van der Waals surface area (Å²) in [6.07, 6.45) is 0.0705. The Morgan fingerprint density at radius 1 is 1.00 bits per heavy atom. The highest BCUT2D eigenvalue weighted by Gasteiger charge is 2.15. The van der Waals surface area contributed by atoms with Crippen molar-refractivity contribution in [1.29, 1.82) is 0 Å². The second-order valence-electron chi connectivity index (χ2n) is 5.30. The Bertz CT molecular complexity index is 811. The molecule has 9 heteroatoms. The van der Waals surface area contributed by atoms with Gasteiger partial charge in [0.05, 0.1) is 31.8 Å². The normalized spacial score (nSPS) is 10.0. The summed E-state index contributed by atoms with van der Waals surface area (Å²) in [4.78, 5) is 47.2. The first kappa shape index (κ1) is 20.1. The first-order valence-corrected chi connectivity index (χ1v) is 8.65. The molecule has 2 rings (SSSR count). The predicted molar refractivity (Wildman–Crippen MR) is 96.7 cm³/mol. The standard InChI is InChI=1S/C18H17NO7S/c1-24-17(22)12-6-13(18(23)25-2)8-14(7-12)19-15(20)9-26-16(21)5-11-3-4-27-10-11/h3-4,6-8,10H,5,9H2,1-2H3,(H,19,20). The Morgan fingerprint density at radius 3 is 2.15 bits per heavy atom. The van der Waals surface area contributed by atoms with Crippen molar-refractivity contribution >= 4 is 40.8 Å². The lowest BCUT2D eigenvalue weighted by atomic mass is 10.1. The van der Waals surface area contributed by atoms with Crippen LogP contribution in [-0.4, -0.2) is 44.6 Å². The minimum Gasteiger partial charge on any atom is -0.465 e. The molecule has 2 aromatic rings. The minimum atomic E-state index is -0.682. The van der Waals surface area contributed by atoms with E-state index in [0.717, 1.165) is 5.56 Å². The number of nitrogens with one attached hydrogen (secondary N) is 1. The molecule has 1 heterocycles. The molecule has 27 heavy (non-hydrogen) atoms. The third kappa shape index (κ3) is 5.93. The van der Waals surface area contributed by atoms with E-state index in [4.69, 9.17) is 4.74 Å². The summed E-state index contributed by atoms with van der Waals surface area (Å²) in [5, 5.41) is 6.11. The van der Waals surface area contributed by atoms with Crippen LogP contribution in [0.15, 0.2) is 35.0 Å². The maximum absolute atomic E-state index is 12.0. The first-order valence-electron chi connectivity index (χ1n) is 7.71. The summed E-state index contributed by atoms with van der Waals surface area (Å²) in [5.41, 5.74) is 1.09. The second-order valence-corrected chi connectivity index (χ2v) is 6.08. The SMILES string of the molecule is COC(=O)c1cc(NC(=O)COC(=O)Cc2ccsc2)cc(C(=O)OC)c1. The Labute approximate surface area is 159 Å². The zero-order valence-corrected chi connectivity index (χ0v) is 15.5. The minimum absolute atomic E-state index is 0.0603. The molecule has 0 unspecified atom stereocenters. The summed E-state index contributed by atoms with van der Waals surface area (Å²) in [7, 11) is 2.39. The molecule has 0 atom stereocenters. The summed E-state index contributed by atoms with van der Waals surface area (Å²) < 4.78 is 14.2. The molecule has 0 aliphatic heterocycles. The van der Waals surface area contributed by atoms with Crippen LogP contribution in [0.3, 0.4) is 0 Å². The van der Waals surface area contributed by atoms with Gasteiger partial charge < -0.3 is 19.5 Å². The van der Waals surface area contributed by atoms with Gasteiger partial charge in [-0.3, -0.25) is 9.59 Å². The summed E-state index contributed by atoms with van der Waals surface area (Å²) in [6.45, 7) is -0.501. The monoisotopic (exact) mass is 391 g/mol. The maximum atomic E-state index is 12.0. The van der Waals surface area contributed by atoms with Crippen molar-refractivity contribution in [2.24, 2.45) is 0 Å². The Balaban J connectivity index is 2.01. The molecule has 0 fully saturated rings. The molecule has 0 saturated carbocycles. The van der Waals surface area contributed by atoms with Crippen LogP contribution in [0.25, 0.3) is 0 Å². The summed E-state index contributed by atoms with van der Waals surface area (Å²) in [6, 6.07) is 5.75. The largest absolute Gasteiger partial charge is 0.465 e. The molecule has 0 aliphatic rings. The number of benzene rings is 1. The van der Waals surface area contributed by atoms with Crippen molar-refractivity contribution < 1.29 is 33.4 Å². The predicted octanol–water partition coefficient (Wildman–Crippen LogP) is 2.05. The van der Waals surface area contributed by atoms with E-state index in [-0.39, 0.29) is 23.2 Å². The van der Waals surface area contributed by atoms with E-state index in [2.05, 4.69) is 14.8 Å². The number of anilines is 1. The van der Waals surface area contributed by atoms with Gasteiger partial charge in [0.15, 0.2) is 6.61 Å². The highest BCUT2D eigenvalue weighted by molar-refractivity contribution is 7.08. The number of carbonyl (C=O) groups is 4. The average Bonchev–Trinajstić information content (AvgIpc) is 3.17. The lowest BCUT2D eigenvalue weighted by Crippen LogP contribution is -2.22. The lowest BCUT2D eigenvalue weighted by molar-refractivity contribution is -0.146. The van der Waals surface area contributed by atoms with Crippen molar-refractivity contribution in [2.75, 3.05) is 26.1 Å². The van der Waals surface area contributed by atoms with E-state index in [1.54, 1.807) is 6.07 Å². The number of ether oxygens (including phenoxy) is 3. The molecule has 1 aromatic carbocycles. The Morgan fingerprint density at radius 2 is 1.63 bits per heavy atom. The molecule has 142 valence electrons. The molecular weight excluding hydrogens is 374 g/mol. The van der Waals surface area contributed by atoms with Gasteiger partial charge in [0, 0.05) is 5.69 Å². The van der Waals surface area contributed by atoms with Crippen LogP contribution >= 0.6 is 11.3 Å². The second kappa shape index (κ2) is 9.48. The van der Waals surface area contributed by atoms with Gasteiger partial charge in [-0.25, -0.2) is 9.59 Å². The van der Waals surface area contributed by atoms with Crippen LogP contribution in [0.2, 0.25) is 0 Å². The summed E-state index contributed by atoms with van der Waals surface area (Å²) in [5.74, 6) is -2.52. The fourth-order valence-corrected chi connectivity index (χ4v) is 2.79. The fraction of sp³-hybridized carbons (Fsp3) is 0.222. The van der Waals surface area contributed by atoms with Gasteiger partial charge in [0.1, 0.15) is 0 Å². The van der Waals surface area contributed by atoms with Crippen LogP contribution in [0.1, 0.15) is 26.3 Å². The third-order valence-corrected chi connectivity index (χ3v) is 4.08. The lowest BCUT2D eigenvalue weighted by Gasteiger charge is -2.10. The summed E-state index contributed by atoms with van der Waals surface area (Å²) >= 11 is 1.46. The topological polar surface area (TPSA) is 108 Å². The molecule has 0 aliphatic carbocycles. The number of methoxy groups -OCH3 is 2. The number of hydrogen-bond donors (Lipinski definition) is 1. The van der Waals surface area contributed by atoms with Crippen LogP contribution in [0, 0.1) is 0 Å². The number of esters is 3. The van der Waals surface area contributed by atoms with Crippen molar-refractivity contribution in [3.63, 3.8) is 0 Å². The number of amides is 1. The third-order valence-electron chi connectivity index (χ3n) is 3.35. The number of carbonyl (C=O) groups excluding carboxylic acids is 4. The number of hydrogen-bond acceptors (Lipinski definition) is 8. The smallest absolute Gasteiger partial charge is 0.337 e. The number of rotatable bonds is 7. The van der Waals surface area contributed by atoms with E-state index >= 15 is 0 Å². The van der Waals surface area contributed by atoms with Crippen molar-refractivity contribution in [3.05, 3.63) is 51.7 Å². The zero-order chi connectivity index (χ0) is 19.8. The van der Waals surface area contributed by atoms with E-state index in [1.165, 1.54) is 43.8 Å². The maximum Gasteiger partial charge on any atom is 0.337 e. The molecule has 8 nitrogen and oxygen atoms in total. The van der Waals surface area contributed by atoms with E-state index in [9.17, 15) is 19.2 Å². The quantitative estimate of drug-likeness (QED) is 0.568. The van der Waals surface area contributed by atoms with Gasteiger partial charge in [-0.05, 0) is 40.6 Å². The van der Waals surface area contributed by atoms with Crippen LogP contribution in [0.4, 0.5) is 5.69 Å². The number of thiophene rings is 1. The van der Waals surface area contributed by atoms with Crippen molar-refractivity contribution in [2.45, 2.75) is 6.42 Å². The molecule has 0 bridgehead atoms. The van der Waals surface area contributed by atoms with E-state index in [0.29, 0.717) is 0 Å². The molecule has 1 aromatic heterocycles. The molecule has 0 spiro atoms. The average molecular weight is 391 g/mol. The van der Waals surface area contributed by atoms with Gasteiger partial charge in [0.25, 0.3) is 5.91 Å². The molecule has 1 amide bonds.